The molecule has 2 aromatic heterocycles. The summed E-state index contributed by atoms with van der Waals surface area (Å²) in [6.45, 7) is 0.101. The largest absolute Gasteiger partial charge is 0.360 e. The lowest BCUT2D eigenvalue weighted by molar-refractivity contribution is 0.0930. The standard InChI is InChI=1S/C21H16N6O2S/c28-16-11-22-19-17(18(26-27(16)19)23-14-9-5-2-6-10-14)20(29)25-21-24-15(12-30-21)13-7-3-1-4-8-13/h1-10,12,22H,11H2,(H,23,26)(H,24,25,29). The maximum absolute atomic E-state index is 13.1. The minimum Gasteiger partial charge on any atom is -0.360 e. The van der Waals surface area contributed by atoms with Gasteiger partial charge in [-0.05, 0) is 12.1 Å². The molecule has 0 aliphatic carbocycles. The van der Waals surface area contributed by atoms with E-state index in [2.05, 4.69) is 26.0 Å². The number of rotatable bonds is 5. The van der Waals surface area contributed by atoms with Crippen LogP contribution >= 0.6 is 11.3 Å². The van der Waals surface area contributed by atoms with Crippen LogP contribution in [0, 0.1) is 0 Å². The summed E-state index contributed by atoms with van der Waals surface area (Å²) in [5, 5.41) is 15.6. The Kier molecular flexibility index (Phi) is 4.49. The van der Waals surface area contributed by atoms with Gasteiger partial charge in [-0.1, -0.05) is 48.5 Å². The van der Waals surface area contributed by atoms with E-state index in [9.17, 15) is 9.59 Å². The van der Waals surface area contributed by atoms with E-state index < -0.39 is 5.91 Å². The molecular formula is C21H16N6O2S. The summed E-state index contributed by atoms with van der Waals surface area (Å²) >= 11 is 1.34. The van der Waals surface area contributed by atoms with Crippen LogP contribution in [0.15, 0.2) is 66.0 Å². The SMILES string of the molecule is O=C(Nc1nc(-c2ccccc2)cs1)c1c(Nc2ccccc2)nn2c1NCC2=O. The zero-order chi connectivity index (χ0) is 20.5. The van der Waals surface area contributed by atoms with Crippen molar-refractivity contribution in [1.82, 2.24) is 14.8 Å². The van der Waals surface area contributed by atoms with E-state index in [1.54, 1.807) is 0 Å². The molecule has 0 bridgehead atoms. The number of anilines is 4. The Balaban J connectivity index is 1.45. The average molecular weight is 416 g/mol. The quantitative estimate of drug-likeness (QED) is 0.453. The maximum atomic E-state index is 13.1. The lowest BCUT2D eigenvalue weighted by Crippen LogP contribution is -2.15. The zero-order valence-corrected chi connectivity index (χ0v) is 16.4. The van der Waals surface area contributed by atoms with Crippen molar-refractivity contribution in [3.8, 4) is 11.3 Å². The molecule has 0 saturated carbocycles. The van der Waals surface area contributed by atoms with Crippen molar-refractivity contribution in [2.24, 2.45) is 0 Å². The Morgan fingerprint density at radius 3 is 2.57 bits per heavy atom. The topological polar surface area (TPSA) is 101 Å². The number of nitrogens with zero attached hydrogens (tertiary/aromatic N) is 3. The summed E-state index contributed by atoms with van der Waals surface area (Å²) in [6, 6.07) is 19.1. The first-order valence-electron chi connectivity index (χ1n) is 9.23. The molecule has 9 heteroatoms. The number of carbonyl (C=O) groups excluding carboxylic acids is 2. The Bertz CT molecular complexity index is 1230. The normalized spacial score (nSPS) is 12.3. The van der Waals surface area contributed by atoms with Crippen LogP contribution in [0.25, 0.3) is 11.3 Å². The summed E-state index contributed by atoms with van der Waals surface area (Å²) in [6.07, 6.45) is 0. The number of para-hydroxylation sites is 1. The number of hydrogen-bond acceptors (Lipinski definition) is 7. The van der Waals surface area contributed by atoms with Crippen LogP contribution < -0.4 is 16.0 Å². The van der Waals surface area contributed by atoms with Gasteiger partial charge >= 0.3 is 0 Å². The van der Waals surface area contributed by atoms with E-state index in [4.69, 9.17) is 0 Å². The fourth-order valence-corrected chi connectivity index (χ4v) is 3.90. The predicted molar refractivity (Wildman–Crippen MR) is 117 cm³/mol. The van der Waals surface area contributed by atoms with Gasteiger partial charge in [-0.2, -0.15) is 4.68 Å². The molecule has 4 aromatic rings. The van der Waals surface area contributed by atoms with Gasteiger partial charge < -0.3 is 10.6 Å². The summed E-state index contributed by atoms with van der Waals surface area (Å²) in [5.74, 6) is 0.0523. The van der Waals surface area contributed by atoms with Gasteiger partial charge in [0.15, 0.2) is 10.9 Å². The van der Waals surface area contributed by atoms with Crippen molar-refractivity contribution >= 4 is 45.6 Å². The molecule has 5 rings (SSSR count). The molecule has 0 spiro atoms. The molecule has 1 aliphatic heterocycles. The first-order valence-corrected chi connectivity index (χ1v) is 10.1. The first kappa shape index (κ1) is 18.1. The van der Waals surface area contributed by atoms with Crippen molar-refractivity contribution in [2.75, 3.05) is 22.5 Å². The number of thiazole rings is 1. The molecule has 8 nitrogen and oxygen atoms in total. The molecule has 3 heterocycles. The van der Waals surface area contributed by atoms with Gasteiger partial charge in [0.05, 0.1) is 12.2 Å². The van der Waals surface area contributed by atoms with Gasteiger partial charge in [0.1, 0.15) is 11.4 Å². The van der Waals surface area contributed by atoms with Crippen LogP contribution in [0.1, 0.15) is 15.2 Å². The van der Waals surface area contributed by atoms with Crippen LogP contribution in [-0.4, -0.2) is 33.1 Å². The second-order valence-corrected chi connectivity index (χ2v) is 7.44. The predicted octanol–water partition coefficient (Wildman–Crippen LogP) is 4.07. The number of carbonyl (C=O) groups is 2. The third kappa shape index (κ3) is 3.31. The first-order chi connectivity index (χ1) is 14.7. The lowest BCUT2D eigenvalue weighted by atomic mass is 10.2. The number of fused-ring (bicyclic) bond motifs is 1. The van der Waals surface area contributed by atoms with Gasteiger partial charge in [0.2, 0.25) is 0 Å². The van der Waals surface area contributed by atoms with Crippen molar-refractivity contribution in [2.45, 2.75) is 0 Å². The summed E-state index contributed by atoms with van der Waals surface area (Å²) in [7, 11) is 0. The highest BCUT2D eigenvalue weighted by molar-refractivity contribution is 7.14. The monoisotopic (exact) mass is 416 g/mol. The number of nitrogens with one attached hydrogen (secondary N) is 3. The number of hydrogen-bond donors (Lipinski definition) is 3. The van der Waals surface area contributed by atoms with Crippen LogP contribution in [0.3, 0.4) is 0 Å². The Labute approximate surface area is 175 Å². The third-order valence-electron chi connectivity index (χ3n) is 4.59. The highest BCUT2D eigenvalue weighted by Gasteiger charge is 2.31. The summed E-state index contributed by atoms with van der Waals surface area (Å²) in [5.41, 5.74) is 2.78. The van der Waals surface area contributed by atoms with E-state index in [0.717, 1.165) is 16.9 Å². The van der Waals surface area contributed by atoms with Crippen molar-refractivity contribution in [1.29, 1.82) is 0 Å². The maximum Gasteiger partial charge on any atom is 0.268 e. The van der Waals surface area contributed by atoms with Gasteiger partial charge in [-0.3, -0.25) is 14.9 Å². The van der Waals surface area contributed by atoms with Crippen LogP contribution in [0.4, 0.5) is 22.5 Å². The number of aromatic nitrogens is 3. The second kappa shape index (κ2) is 7.45. The van der Waals surface area contributed by atoms with Crippen molar-refractivity contribution < 1.29 is 9.59 Å². The van der Waals surface area contributed by atoms with E-state index in [1.807, 2.05) is 66.0 Å². The molecule has 2 aromatic carbocycles. The number of benzene rings is 2. The van der Waals surface area contributed by atoms with Gasteiger partial charge in [0, 0.05) is 16.6 Å². The van der Waals surface area contributed by atoms with Crippen LogP contribution in [-0.2, 0) is 0 Å². The van der Waals surface area contributed by atoms with Crippen molar-refractivity contribution in [3.05, 3.63) is 71.6 Å². The fraction of sp³-hybridized carbons (Fsp3) is 0.0476. The minimum atomic E-state index is -0.397. The Hall–Kier alpha value is -3.98. The Morgan fingerprint density at radius 1 is 1.07 bits per heavy atom. The van der Waals surface area contributed by atoms with Crippen LogP contribution in [0.2, 0.25) is 0 Å². The molecule has 30 heavy (non-hydrogen) atoms. The molecule has 0 saturated heterocycles. The summed E-state index contributed by atoms with van der Waals surface area (Å²) < 4.78 is 1.22. The van der Waals surface area contributed by atoms with E-state index in [0.29, 0.717) is 16.8 Å². The Morgan fingerprint density at radius 2 is 1.80 bits per heavy atom. The zero-order valence-electron chi connectivity index (χ0n) is 15.6. The van der Waals surface area contributed by atoms with Crippen molar-refractivity contribution in [3.63, 3.8) is 0 Å². The number of amides is 1. The highest BCUT2D eigenvalue weighted by Crippen LogP contribution is 2.31. The minimum absolute atomic E-state index is 0.101. The van der Waals surface area contributed by atoms with Crippen LogP contribution in [0.5, 0.6) is 0 Å². The van der Waals surface area contributed by atoms with E-state index in [-0.39, 0.29) is 18.0 Å². The molecule has 3 N–H and O–H groups in total. The molecule has 0 unspecified atom stereocenters. The van der Waals surface area contributed by atoms with Gasteiger partial charge in [0.25, 0.3) is 11.8 Å². The average Bonchev–Trinajstić information content (AvgIpc) is 3.46. The fourth-order valence-electron chi connectivity index (χ4n) is 3.19. The highest BCUT2D eigenvalue weighted by atomic mass is 32.1. The van der Waals surface area contributed by atoms with E-state index in [1.165, 1.54) is 16.0 Å². The molecule has 0 fully saturated rings. The van der Waals surface area contributed by atoms with Gasteiger partial charge in [-0.15, -0.1) is 16.4 Å². The summed E-state index contributed by atoms with van der Waals surface area (Å²) in [4.78, 5) is 29.7. The molecule has 148 valence electrons. The smallest absolute Gasteiger partial charge is 0.268 e. The van der Waals surface area contributed by atoms with E-state index >= 15 is 0 Å². The third-order valence-corrected chi connectivity index (χ3v) is 5.34. The van der Waals surface area contributed by atoms with Gasteiger partial charge in [-0.25, -0.2) is 4.98 Å². The molecular weight excluding hydrogens is 400 g/mol. The molecule has 0 atom stereocenters. The molecule has 1 aliphatic rings. The lowest BCUT2D eigenvalue weighted by Gasteiger charge is -2.07. The molecule has 1 amide bonds. The second-order valence-electron chi connectivity index (χ2n) is 6.58. The molecule has 0 radical (unpaired) electrons.